The molecule has 0 bridgehead atoms. The van der Waals surface area contributed by atoms with Gasteiger partial charge in [0.2, 0.25) is 0 Å². The predicted octanol–water partition coefficient (Wildman–Crippen LogP) is 2.58. The van der Waals surface area contributed by atoms with Gasteiger partial charge in [-0.25, -0.2) is 4.98 Å². The van der Waals surface area contributed by atoms with Crippen molar-refractivity contribution in [3.8, 4) is 0 Å². The van der Waals surface area contributed by atoms with Crippen molar-refractivity contribution < 1.29 is 0 Å². The molecule has 2 aromatic rings. The van der Waals surface area contributed by atoms with Crippen molar-refractivity contribution in [3.63, 3.8) is 0 Å². The molecule has 0 fully saturated rings. The Bertz CT molecular complexity index is 541. The number of hydrazine groups is 1. The molecule has 2 rings (SSSR count). The molecule has 0 saturated carbocycles. The Morgan fingerprint density at radius 2 is 2.33 bits per heavy atom. The van der Waals surface area contributed by atoms with Crippen LogP contribution in [0.3, 0.4) is 0 Å². The van der Waals surface area contributed by atoms with E-state index in [1.54, 1.807) is 6.20 Å². The molecule has 6 heteroatoms. The summed E-state index contributed by atoms with van der Waals surface area (Å²) in [6, 6.07) is 5.78. The Labute approximate surface area is 119 Å². The van der Waals surface area contributed by atoms with Crippen molar-refractivity contribution in [2.45, 2.75) is 12.5 Å². The van der Waals surface area contributed by atoms with Crippen LogP contribution in [-0.2, 0) is 13.5 Å². The van der Waals surface area contributed by atoms with Crippen LogP contribution in [0.2, 0.25) is 5.02 Å². The number of aromatic nitrogens is 2. The fourth-order valence-electron chi connectivity index (χ4n) is 1.78. The number of nitrogens with one attached hydrogen (secondary N) is 1. The molecule has 0 aliphatic rings. The van der Waals surface area contributed by atoms with Crippen LogP contribution in [0.15, 0.2) is 35.1 Å². The third kappa shape index (κ3) is 2.92. The molecule has 0 aliphatic carbocycles. The average molecular weight is 330 g/mol. The van der Waals surface area contributed by atoms with Gasteiger partial charge in [-0.05, 0) is 33.6 Å². The van der Waals surface area contributed by atoms with E-state index < -0.39 is 0 Å². The van der Waals surface area contributed by atoms with E-state index in [4.69, 9.17) is 17.4 Å². The zero-order valence-corrected chi connectivity index (χ0v) is 12.2. The van der Waals surface area contributed by atoms with E-state index >= 15 is 0 Å². The molecule has 96 valence electrons. The first-order valence-electron chi connectivity index (χ1n) is 5.49. The summed E-state index contributed by atoms with van der Waals surface area (Å²) in [5, 5.41) is 0.687. The number of imidazole rings is 1. The van der Waals surface area contributed by atoms with Gasteiger partial charge >= 0.3 is 0 Å². The van der Waals surface area contributed by atoms with Gasteiger partial charge in [0.1, 0.15) is 5.82 Å². The van der Waals surface area contributed by atoms with Crippen molar-refractivity contribution in [2.75, 3.05) is 0 Å². The van der Waals surface area contributed by atoms with Crippen molar-refractivity contribution in [1.82, 2.24) is 15.0 Å². The van der Waals surface area contributed by atoms with E-state index in [-0.39, 0.29) is 6.04 Å². The summed E-state index contributed by atoms with van der Waals surface area (Å²) in [7, 11) is 1.97. The first-order chi connectivity index (χ1) is 8.61. The third-order valence-electron chi connectivity index (χ3n) is 2.85. The number of hydrogen-bond donors (Lipinski definition) is 2. The maximum Gasteiger partial charge on any atom is 0.110 e. The van der Waals surface area contributed by atoms with Crippen LogP contribution < -0.4 is 11.3 Å². The Hall–Kier alpha value is -0.880. The van der Waals surface area contributed by atoms with Crippen LogP contribution in [0.1, 0.15) is 17.4 Å². The number of benzene rings is 1. The largest absolute Gasteiger partial charge is 0.338 e. The van der Waals surface area contributed by atoms with Gasteiger partial charge < -0.3 is 4.57 Å². The Kier molecular flexibility index (Phi) is 4.40. The van der Waals surface area contributed by atoms with Crippen molar-refractivity contribution in [2.24, 2.45) is 12.9 Å². The summed E-state index contributed by atoms with van der Waals surface area (Å²) in [5.74, 6) is 6.60. The highest BCUT2D eigenvalue weighted by atomic mass is 79.9. The van der Waals surface area contributed by atoms with Crippen molar-refractivity contribution in [1.29, 1.82) is 0 Å². The van der Waals surface area contributed by atoms with E-state index in [0.29, 0.717) is 11.4 Å². The molecular weight excluding hydrogens is 316 g/mol. The Morgan fingerprint density at radius 1 is 1.56 bits per heavy atom. The van der Waals surface area contributed by atoms with Crippen molar-refractivity contribution in [3.05, 3.63) is 51.5 Å². The van der Waals surface area contributed by atoms with Gasteiger partial charge in [-0.1, -0.05) is 17.7 Å². The van der Waals surface area contributed by atoms with Gasteiger partial charge in [-0.2, -0.15) is 0 Å². The topological polar surface area (TPSA) is 55.9 Å². The standard InChI is InChI=1S/C12H14BrClN4/c1-18-5-4-16-12(18)7-11(17-15)8-2-3-10(14)9(13)6-8/h2-6,11,17H,7,15H2,1H3. The summed E-state index contributed by atoms with van der Waals surface area (Å²) < 4.78 is 2.84. The van der Waals surface area contributed by atoms with Crippen LogP contribution in [0.5, 0.6) is 0 Å². The van der Waals surface area contributed by atoms with Crippen LogP contribution in [0.4, 0.5) is 0 Å². The molecule has 18 heavy (non-hydrogen) atoms. The number of rotatable bonds is 4. The first-order valence-corrected chi connectivity index (χ1v) is 6.66. The number of halogens is 2. The quantitative estimate of drug-likeness (QED) is 0.669. The predicted molar refractivity (Wildman–Crippen MR) is 76.1 cm³/mol. The molecule has 1 heterocycles. The summed E-state index contributed by atoms with van der Waals surface area (Å²) in [4.78, 5) is 4.30. The SMILES string of the molecule is Cn1ccnc1CC(NN)c1ccc(Cl)c(Br)c1. The smallest absolute Gasteiger partial charge is 0.110 e. The molecule has 1 aromatic heterocycles. The Balaban J connectivity index is 2.23. The second-order valence-electron chi connectivity index (χ2n) is 4.05. The summed E-state index contributed by atoms with van der Waals surface area (Å²) in [5.41, 5.74) is 3.88. The average Bonchev–Trinajstić information content (AvgIpc) is 2.75. The lowest BCUT2D eigenvalue weighted by Gasteiger charge is -2.16. The van der Waals surface area contributed by atoms with E-state index in [1.807, 2.05) is 36.0 Å². The molecule has 1 aromatic carbocycles. The molecule has 1 unspecified atom stereocenters. The molecule has 0 amide bonds. The highest BCUT2D eigenvalue weighted by molar-refractivity contribution is 9.10. The molecule has 4 nitrogen and oxygen atoms in total. The van der Waals surface area contributed by atoms with Gasteiger partial charge in [0.05, 0.1) is 11.1 Å². The highest BCUT2D eigenvalue weighted by Gasteiger charge is 2.14. The maximum atomic E-state index is 5.98. The summed E-state index contributed by atoms with van der Waals surface area (Å²) in [6.07, 6.45) is 4.41. The minimum atomic E-state index is -0.000309. The van der Waals surface area contributed by atoms with Gasteiger partial charge in [0.25, 0.3) is 0 Å². The zero-order valence-electron chi connectivity index (χ0n) is 9.90. The van der Waals surface area contributed by atoms with Crippen molar-refractivity contribution >= 4 is 27.5 Å². The molecule has 3 N–H and O–H groups in total. The molecular formula is C12H14BrClN4. The second-order valence-corrected chi connectivity index (χ2v) is 5.31. The second kappa shape index (κ2) is 5.84. The maximum absolute atomic E-state index is 5.98. The Morgan fingerprint density at radius 3 is 2.89 bits per heavy atom. The zero-order chi connectivity index (χ0) is 13.1. The summed E-state index contributed by atoms with van der Waals surface area (Å²) >= 11 is 9.40. The summed E-state index contributed by atoms with van der Waals surface area (Å²) in [6.45, 7) is 0. The van der Waals surface area contributed by atoms with E-state index in [1.165, 1.54) is 0 Å². The van der Waals surface area contributed by atoms with Crippen LogP contribution >= 0.6 is 27.5 Å². The fourth-order valence-corrected chi connectivity index (χ4v) is 2.29. The minimum absolute atomic E-state index is 0.000309. The van der Waals surface area contributed by atoms with Gasteiger partial charge in [-0.3, -0.25) is 11.3 Å². The number of nitrogens with two attached hydrogens (primary N) is 1. The molecule has 1 atom stereocenters. The van der Waals surface area contributed by atoms with Crippen LogP contribution in [-0.4, -0.2) is 9.55 Å². The highest BCUT2D eigenvalue weighted by Crippen LogP contribution is 2.27. The molecule has 0 spiro atoms. The van der Waals surface area contributed by atoms with Gasteiger partial charge in [-0.15, -0.1) is 0 Å². The van der Waals surface area contributed by atoms with Crippen LogP contribution in [0.25, 0.3) is 0 Å². The number of hydrogen-bond acceptors (Lipinski definition) is 3. The molecule has 0 aliphatic heterocycles. The van der Waals surface area contributed by atoms with E-state index in [0.717, 1.165) is 15.9 Å². The van der Waals surface area contributed by atoms with E-state index in [9.17, 15) is 0 Å². The lowest BCUT2D eigenvalue weighted by atomic mass is 10.0. The lowest BCUT2D eigenvalue weighted by molar-refractivity contribution is 0.530. The normalized spacial score (nSPS) is 12.7. The third-order valence-corrected chi connectivity index (χ3v) is 4.07. The monoisotopic (exact) mass is 328 g/mol. The fraction of sp³-hybridized carbons (Fsp3) is 0.250. The van der Waals surface area contributed by atoms with Gasteiger partial charge in [0, 0.05) is 30.3 Å². The van der Waals surface area contributed by atoms with Crippen LogP contribution in [0, 0.1) is 0 Å². The first kappa shape index (κ1) is 13.5. The number of aryl methyl sites for hydroxylation is 1. The van der Waals surface area contributed by atoms with Gasteiger partial charge in [0.15, 0.2) is 0 Å². The number of nitrogens with zero attached hydrogens (tertiary/aromatic N) is 2. The lowest BCUT2D eigenvalue weighted by Crippen LogP contribution is -2.30. The molecule has 0 radical (unpaired) electrons. The molecule has 0 saturated heterocycles. The van der Waals surface area contributed by atoms with E-state index in [2.05, 4.69) is 26.3 Å². The minimum Gasteiger partial charge on any atom is -0.338 e.